The van der Waals surface area contributed by atoms with Crippen LogP contribution in [0, 0.1) is 5.82 Å². The van der Waals surface area contributed by atoms with Crippen molar-refractivity contribution in [2.75, 3.05) is 7.05 Å². The Morgan fingerprint density at radius 3 is 2.71 bits per heavy atom. The molecule has 2 heterocycles. The number of carbonyl (C=O) groups excluding carboxylic acids is 1. The minimum atomic E-state index is -0.469. The van der Waals surface area contributed by atoms with E-state index in [0.29, 0.717) is 23.5 Å². The molecule has 6 nitrogen and oxygen atoms in total. The summed E-state index contributed by atoms with van der Waals surface area (Å²) in [5.41, 5.74) is 8.99. The maximum absolute atomic E-state index is 13.6. The number of benzene rings is 2. The molecule has 1 aliphatic rings. The molecule has 0 saturated carbocycles. The number of fused-ring (bicyclic) bond motifs is 2. The van der Waals surface area contributed by atoms with Gasteiger partial charge in [0.15, 0.2) is 5.96 Å². The minimum absolute atomic E-state index is 0.0838. The van der Waals surface area contributed by atoms with Gasteiger partial charge in [0.05, 0.1) is 6.20 Å². The molecule has 0 fully saturated rings. The standard InChI is InChI=1S/C21H17FN4O2/c1-26(12-27)21(23)25-20-16-4-2-3-5-18(16)28-19-7-6-13(9-17(19)20)14-8-15(22)11-24-10-14/h2-12,20H,1H3,(H2,23,25). The van der Waals surface area contributed by atoms with Crippen LogP contribution in [0.2, 0.25) is 0 Å². The van der Waals surface area contributed by atoms with E-state index in [1.54, 1.807) is 6.20 Å². The normalized spacial score (nSPS) is 15.2. The summed E-state index contributed by atoms with van der Waals surface area (Å²) in [6.07, 6.45) is 3.35. The Kier molecular flexibility index (Phi) is 4.49. The van der Waals surface area contributed by atoms with E-state index < -0.39 is 11.9 Å². The number of hydrogen-bond donors (Lipinski definition) is 1. The predicted molar refractivity (Wildman–Crippen MR) is 103 cm³/mol. The van der Waals surface area contributed by atoms with E-state index >= 15 is 0 Å². The van der Waals surface area contributed by atoms with E-state index in [0.717, 1.165) is 22.9 Å². The summed E-state index contributed by atoms with van der Waals surface area (Å²) in [5, 5.41) is 0. The van der Waals surface area contributed by atoms with Crippen LogP contribution in [0.3, 0.4) is 0 Å². The van der Waals surface area contributed by atoms with Gasteiger partial charge in [-0.2, -0.15) is 0 Å². The SMILES string of the molecule is CN(C=O)/C(N)=N\C1c2ccccc2Oc2ccc(-c3cncc(F)c3)cc21. The smallest absolute Gasteiger partial charge is 0.216 e. The number of hydrogen-bond acceptors (Lipinski definition) is 4. The van der Waals surface area contributed by atoms with Gasteiger partial charge in [0.25, 0.3) is 0 Å². The number of rotatable bonds is 3. The molecule has 1 aliphatic heterocycles. The summed E-state index contributed by atoms with van der Waals surface area (Å²) in [6, 6.07) is 14.0. The summed E-state index contributed by atoms with van der Waals surface area (Å²) < 4.78 is 19.6. The van der Waals surface area contributed by atoms with E-state index in [1.165, 1.54) is 18.0 Å². The van der Waals surface area contributed by atoms with Crippen molar-refractivity contribution >= 4 is 12.4 Å². The van der Waals surface area contributed by atoms with Crippen LogP contribution in [-0.4, -0.2) is 29.3 Å². The van der Waals surface area contributed by atoms with Crippen molar-refractivity contribution < 1.29 is 13.9 Å². The third-order valence-electron chi connectivity index (χ3n) is 4.56. The number of aromatic nitrogens is 1. The molecule has 0 saturated heterocycles. The quantitative estimate of drug-likeness (QED) is 0.431. The van der Waals surface area contributed by atoms with Gasteiger partial charge in [-0.3, -0.25) is 14.7 Å². The number of halogens is 1. The second kappa shape index (κ2) is 7.11. The molecular formula is C21H17FN4O2. The average molecular weight is 376 g/mol. The molecule has 3 aromatic rings. The van der Waals surface area contributed by atoms with Gasteiger partial charge < -0.3 is 10.5 Å². The number of para-hydroxylation sites is 1. The molecule has 1 atom stereocenters. The maximum atomic E-state index is 13.6. The van der Waals surface area contributed by atoms with Crippen LogP contribution in [0.15, 0.2) is 65.9 Å². The Labute approximate surface area is 161 Å². The molecule has 1 amide bonds. The van der Waals surface area contributed by atoms with E-state index in [2.05, 4.69) is 9.98 Å². The summed E-state index contributed by atoms with van der Waals surface area (Å²) in [4.78, 5) is 20.7. The average Bonchev–Trinajstić information content (AvgIpc) is 2.72. The van der Waals surface area contributed by atoms with Crippen LogP contribution in [0.5, 0.6) is 11.5 Å². The van der Waals surface area contributed by atoms with Gasteiger partial charge in [-0.05, 0) is 29.8 Å². The summed E-state index contributed by atoms with van der Waals surface area (Å²) in [6.45, 7) is 0. The summed E-state index contributed by atoms with van der Waals surface area (Å²) in [7, 11) is 1.53. The number of ether oxygens (including phenoxy) is 1. The molecule has 1 aromatic heterocycles. The molecule has 0 aliphatic carbocycles. The highest BCUT2D eigenvalue weighted by Crippen LogP contribution is 2.45. The van der Waals surface area contributed by atoms with Crippen molar-refractivity contribution in [3.63, 3.8) is 0 Å². The number of nitrogens with two attached hydrogens (primary N) is 1. The van der Waals surface area contributed by atoms with Crippen LogP contribution >= 0.6 is 0 Å². The molecule has 2 aromatic carbocycles. The van der Waals surface area contributed by atoms with Crippen LogP contribution in [-0.2, 0) is 4.79 Å². The van der Waals surface area contributed by atoms with Crippen molar-refractivity contribution in [2.24, 2.45) is 10.7 Å². The Morgan fingerprint density at radius 1 is 1.14 bits per heavy atom. The van der Waals surface area contributed by atoms with Gasteiger partial charge >= 0.3 is 0 Å². The Morgan fingerprint density at radius 2 is 1.93 bits per heavy atom. The molecular weight excluding hydrogens is 359 g/mol. The Bertz CT molecular complexity index is 1080. The van der Waals surface area contributed by atoms with Crippen molar-refractivity contribution in [1.82, 2.24) is 9.88 Å². The molecule has 0 spiro atoms. The number of guanidine groups is 1. The fourth-order valence-corrected chi connectivity index (χ4v) is 3.11. The van der Waals surface area contributed by atoms with Crippen LogP contribution in [0.1, 0.15) is 17.2 Å². The first kappa shape index (κ1) is 17.7. The third-order valence-corrected chi connectivity index (χ3v) is 4.56. The molecule has 2 N–H and O–H groups in total. The van der Waals surface area contributed by atoms with E-state index in [9.17, 15) is 9.18 Å². The van der Waals surface area contributed by atoms with Gasteiger partial charge in [-0.1, -0.05) is 24.3 Å². The second-order valence-electron chi connectivity index (χ2n) is 6.39. The Balaban J connectivity index is 1.86. The van der Waals surface area contributed by atoms with Gasteiger partial charge in [-0.25, -0.2) is 9.38 Å². The monoisotopic (exact) mass is 376 g/mol. The first-order chi connectivity index (χ1) is 13.6. The number of nitrogens with zero attached hydrogens (tertiary/aromatic N) is 3. The topological polar surface area (TPSA) is 80.8 Å². The van der Waals surface area contributed by atoms with Gasteiger partial charge in [0.1, 0.15) is 23.4 Å². The lowest BCUT2D eigenvalue weighted by Gasteiger charge is -2.27. The highest BCUT2D eigenvalue weighted by Gasteiger charge is 2.28. The largest absolute Gasteiger partial charge is 0.457 e. The van der Waals surface area contributed by atoms with Crippen LogP contribution < -0.4 is 10.5 Å². The first-order valence-electron chi connectivity index (χ1n) is 8.60. The van der Waals surface area contributed by atoms with Gasteiger partial charge in [-0.15, -0.1) is 0 Å². The molecule has 4 rings (SSSR count). The zero-order valence-electron chi connectivity index (χ0n) is 15.0. The molecule has 0 radical (unpaired) electrons. The van der Waals surface area contributed by atoms with Crippen molar-refractivity contribution in [2.45, 2.75) is 6.04 Å². The third kappa shape index (κ3) is 3.18. The minimum Gasteiger partial charge on any atom is -0.457 e. The molecule has 1 unspecified atom stereocenters. The van der Waals surface area contributed by atoms with Crippen molar-refractivity contribution in [3.8, 4) is 22.6 Å². The van der Waals surface area contributed by atoms with E-state index in [1.807, 2.05) is 42.5 Å². The number of amides is 1. The molecule has 7 heteroatoms. The van der Waals surface area contributed by atoms with Crippen LogP contribution in [0.4, 0.5) is 4.39 Å². The highest BCUT2D eigenvalue weighted by atomic mass is 19.1. The van der Waals surface area contributed by atoms with E-state index in [4.69, 9.17) is 10.5 Å². The number of carbonyl (C=O) groups is 1. The summed E-state index contributed by atoms with van der Waals surface area (Å²) in [5.74, 6) is 0.969. The fraction of sp³-hybridized carbons (Fsp3) is 0.0952. The van der Waals surface area contributed by atoms with Gasteiger partial charge in [0, 0.05) is 29.9 Å². The van der Waals surface area contributed by atoms with Crippen molar-refractivity contribution in [3.05, 3.63) is 77.9 Å². The number of pyridine rings is 1. The highest BCUT2D eigenvalue weighted by molar-refractivity contribution is 5.87. The molecule has 140 valence electrons. The lowest BCUT2D eigenvalue weighted by molar-refractivity contribution is -0.114. The van der Waals surface area contributed by atoms with Crippen molar-refractivity contribution in [1.29, 1.82) is 0 Å². The number of aliphatic imine (C=N–C) groups is 1. The summed E-state index contributed by atoms with van der Waals surface area (Å²) >= 11 is 0. The lowest BCUT2D eigenvalue weighted by Crippen LogP contribution is -2.33. The second-order valence-corrected chi connectivity index (χ2v) is 6.39. The Hall–Kier alpha value is -3.74. The van der Waals surface area contributed by atoms with Crippen LogP contribution in [0.25, 0.3) is 11.1 Å². The molecule has 0 bridgehead atoms. The first-order valence-corrected chi connectivity index (χ1v) is 8.60. The van der Waals surface area contributed by atoms with Gasteiger partial charge in [0.2, 0.25) is 6.41 Å². The van der Waals surface area contributed by atoms with E-state index in [-0.39, 0.29) is 5.96 Å². The fourth-order valence-electron chi connectivity index (χ4n) is 3.11. The lowest BCUT2D eigenvalue weighted by atomic mass is 9.92. The predicted octanol–water partition coefficient (Wildman–Crippen LogP) is 3.49. The maximum Gasteiger partial charge on any atom is 0.216 e. The molecule has 28 heavy (non-hydrogen) atoms. The zero-order valence-corrected chi connectivity index (χ0v) is 15.0. The zero-order chi connectivity index (χ0) is 19.7.